The molecule has 0 radical (unpaired) electrons. The molecule has 2 heterocycles. The van der Waals surface area contributed by atoms with E-state index in [4.69, 9.17) is 9.84 Å². The topological polar surface area (TPSA) is 122 Å². The lowest BCUT2D eigenvalue weighted by Gasteiger charge is -2.09. The van der Waals surface area contributed by atoms with Crippen molar-refractivity contribution < 1.29 is 14.6 Å². The number of ether oxygens (including phenoxy) is 1. The number of anilines is 2. The zero-order valence-electron chi connectivity index (χ0n) is 17.4. The molecular weight excluding hydrogens is 412 g/mol. The van der Waals surface area contributed by atoms with E-state index in [1.807, 2.05) is 26.4 Å². The molecule has 3 N–H and O–H groups in total. The Morgan fingerprint density at radius 3 is 2.07 bits per heavy atom. The van der Waals surface area contributed by atoms with Crippen LogP contribution in [0.2, 0.25) is 0 Å². The molecular formula is C18H28N6O3S2. The Balaban J connectivity index is 0.000000296. The highest BCUT2D eigenvalue weighted by molar-refractivity contribution is 7.98. The number of nitrogens with zero attached hydrogens (tertiary/aromatic N) is 4. The number of nitrogens with one attached hydrogen (secondary N) is 2. The summed E-state index contributed by atoms with van der Waals surface area (Å²) in [4.78, 5) is 28.2. The number of esters is 1. The minimum atomic E-state index is -0.397. The van der Waals surface area contributed by atoms with Crippen molar-refractivity contribution in [2.24, 2.45) is 0 Å². The first kappa shape index (κ1) is 24.9. The lowest BCUT2D eigenvalue weighted by molar-refractivity contribution is 0.0526. The molecule has 0 aliphatic rings. The van der Waals surface area contributed by atoms with Gasteiger partial charge in [0, 0.05) is 31.0 Å². The highest BCUT2D eigenvalue weighted by atomic mass is 32.2. The summed E-state index contributed by atoms with van der Waals surface area (Å²) in [7, 11) is 0. The molecule has 0 unspecified atom stereocenters. The van der Waals surface area contributed by atoms with Gasteiger partial charge in [0.1, 0.15) is 17.2 Å². The summed E-state index contributed by atoms with van der Waals surface area (Å²) in [6.45, 7) is 7.49. The van der Waals surface area contributed by atoms with E-state index in [0.29, 0.717) is 34.8 Å². The standard InChI is InChI=1S/C10H15N3O2S.C8H13N3OS/c1-4-11-8-7(9(14)15-5-2)6-12-10(13-8)16-3;1-3-9-7-6(5-12)4-10-8(11-7)13-2/h6H,4-5H2,1-3H3,(H,11,12,13);4,12H,3,5H2,1-2H3,(H,9,10,11). The predicted octanol–water partition coefficient (Wildman–Crippen LogP) is 2.93. The van der Waals surface area contributed by atoms with Gasteiger partial charge in [-0.3, -0.25) is 0 Å². The second kappa shape index (κ2) is 14.0. The Labute approximate surface area is 179 Å². The van der Waals surface area contributed by atoms with Gasteiger partial charge in [-0.05, 0) is 33.3 Å². The Kier molecular flexibility index (Phi) is 12.0. The van der Waals surface area contributed by atoms with Crippen molar-refractivity contribution >= 4 is 41.1 Å². The van der Waals surface area contributed by atoms with E-state index in [1.165, 1.54) is 29.7 Å². The van der Waals surface area contributed by atoms with Crippen LogP contribution in [-0.2, 0) is 11.3 Å². The van der Waals surface area contributed by atoms with Gasteiger partial charge >= 0.3 is 5.97 Å². The number of aliphatic hydroxyl groups is 1. The molecule has 0 amide bonds. The van der Waals surface area contributed by atoms with Gasteiger partial charge in [-0.2, -0.15) is 0 Å². The van der Waals surface area contributed by atoms with Gasteiger partial charge in [-0.1, -0.05) is 23.5 Å². The minimum Gasteiger partial charge on any atom is -0.462 e. The summed E-state index contributed by atoms with van der Waals surface area (Å²) in [6.07, 6.45) is 6.95. The van der Waals surface area contributed by atoms with E-state index >= 15 is 0 Å². The zero-order chi connectivity index (χ0) is 21.6. The number of aliphatic hydroxyl groups excluding tert-OH is 1. The van der Waals surface area contributed by atoms with Crippen molar-refractivity contribution in [2.75, 3.05) is 42.8 Å². The van der Waals surface area contributed by atoms with Crippen molar-refractivity contribution in [3.63, 3.8) is 0 Å². The number of carbonyl (C=O) groups is 1. The maximum absolute atomic E-state index is 11.6. The van der Waals surface area contributed by atoms with Crippen molar-refractivity contribution in [1.29, 1.82) is 0 Å². The van der Waals surface area contributed by atoms with Crippen LogP contribution in [0.15, 0.2) is 22.7 Å². The van der Waals surface area contributed by atoms with E-state index < -0.39 is 5.97 Å². The Bertz CT molecular complexity index is 779. The molecule has 0 saturated carbocycles. The van der Waals surface area contributed by atoms with E-state index in [9.17, 15) is 4.79 Å². The van der Waals surface area contributed by atoms with E-state index in [0.717, 1.165) is 17.9 Å². The molecule has 0 saturated heterocycles. The van der Waals surface area contributed by atoms with E-state index in [2.05, 4.69) is 30.6 Å². The summed E-state index contributed by atoms with van der Waals surface area (Å²) in [5, 5.41) is 16.4. The molecule has 9 nitrogen and oxygen atoms in total. The lowest BCUT2D eigenvalue weighted by Crippen LogP contribution is -2.12. The molecule has 0 aliphatic carbocycles. The summed E-state index contributed by atoms with van der Waals surface area (Å²) in [6, 6.07) is 0. The average Bonchev–Trinajstić information content (AvgIpc) is 2.74. The fraction of sp³-hybridized carbons (Fsp3) is 0.500. The second-order valence-corrected chi connectivity index (χ2v) is 6.84. The van der Waals surface area contributed by atoms with Crippen LogP contribution in [-0.4, -0.2) is 63.2 Å². The van der Waals surface area contributed by atoms with Crippen molar-refractivity contribution in [2.45, 2.75) is 37.7 Å². The quantitative estimate of drug-likeness (QED) is 0.303. The van der Waals surface area contributed by atoms with Crippen LogP contribution in [0.25, 0.3) is 0 Å². The Morgan fingerprint density at radius 2 is 1.55 bits per heavy atom. The number of hydrogen-bond donors (Lipinski definition) is 3. The third-order valence-corrected chi connectivity index (χ3v) is 4.45. The first-order chi connectivity index (χ1) is 14.0. The van der Waals surface area contributed by atoms with Crippen LogP contribution in [0.3, 0.4) is 0 Å². The first-order valence-corrected chi connectivity index (χ1v) is 11.6. The van der Waals surface area contributed by atoms with Gasteiger partial charge < -0.3 is 20.5 Å². The molecule has 2 aromatic heterocycles. The van der Waals surface area contributed by atoms with Crippen LogP contribution in [0.4, 0.5) is 11.6 Å². The first-order valence-electron chi connectivity index (χ1n) is 9.11. The summed E-state index contributed by atoms with van der Waals surface area (Å²) < 4.78 is 4.92. The van der Waals surface area contributed by atoms with Gasteiger partial charge in [0.25, 0.3) is 0 Å². The number of thioether (sulfide) groups is 2. The van der Waals surface area contributed by atoms with Crippen LogP contribution in [0.1, 0.15) is 36.7 Å². The van der Waals surface area contributed by atoms with E-state index in [1.54, 1.807) is 13.1 Å². The van der Waals surface area contributed by atoms with Crippen LogP contribution in [0.5, 0.6) is 0 Å². The molecule has 2 aromatic rings. The largest absolute Gasteiger partial charge is 0.462 e. The van der Waals surface area contributed by atoms with Gasteiger partial charge in [0.05, 0.1) is 13.2 Å². The van der Waals surface area contributed by atoms with Crippen LogP contribution < -0.4 is 10.6 Å². The SMILES string of the molecule is CCNc1nc(SC)ncc1C(=O)OCC.CCNc1nc(SC)ncc1CO. The molecule has 0 spiro atoms. The Hall–Kier alpha value is -2.11. The normalized spacial score (nSPS) is 10.0. The highest BCUT2D eigenvalue weighted by Gasteiger charge is 2.15. The molecule has 11 heteroatoms. The average molecular weight is 441 g/mol. The van der Waals surface area contributed by atoms with Crippen molar-refractivity contribution in [1.82, 2.24) is 19.9 Å². The summed E-state index contributed by atoms with van der Waals surface area (Å²) in [5.41, 5.74) is 1.11. The molecule has 2 rings (SSSR count). The maximum Gasteiger partial charge on any atom is 0.343 e. The van der Waals surface area contributed by atoms with E-state index in [-0.39, 0.29) is 6.61 Å². The summed E-state index contributed by atoms with van der Waals surface area (Å²) >= 11 is 2.91. The lowest BCUT2D eigenvalue weighted by atomic mass is 10.3. The Morgan fingerprint density at radius 1 is 1.00 bits per heavy atom. The number of carbonyl (C=O) groups excluding carboxylic acids is 1. The van der Waals surface area contributed by atoms with Gasteiger partial charge in [-0.15, -0.1) is 0 Å². The van der Waals surface area contributed by atoms with Crippen molar-refractivity contribution in [3.8, 4) is 0 Å². The molecule has 29 heavy (non-hydrogen) atoms. The zero-order valence-corrected chi connectivity index (χ0v) is 19.0. The molecule has 0 fully saturated rings. The molecule has 0 aromatic carbocycles. The highest BCUT2D eigenvalue weighted by Crippen LogP contribution is 2.17. The smallest absolute Gasteiger partial charge is 0.343 e. The number of aromatic nitrogens is 4. The van der Waals surface area contributed by atoms with Gasteiger partial charge in [-0.25, -0.2) is 24.7 Å². The summed E-state index contributed by atoms with van der Waals surface area (Å²) in [5.74, 6) is 0.857. The van der Waals surface area contributed by atoms with Gasteiger partial charge in [0.2, 0.25) is 0 Å². The van der Waals surface area contributed by atoms with Crippen molar-refractivity contribution in [3.05, 3.63) is 23.5 Å². The monoisotopic (exact) mass is 440 g/mol. The maximum atomic E-state index is 11.6. The third-order valence-electron chi connectivity index (χ3n) is 3.33. The number of rotatable bonds is 9. The second-order valence-electron chi connectivity index (χ2n) is 5.29. The van der Waals surface area contributed by atoms with Gasteiger partial charge in [0.15, 0.2) is 10.3 Å². The minimum absolute atomic E-state index is 0.0308. The fourth-order valence-electron chi connectivity index (χ4n) is 2.05. The van der Waals surface area contributed by atoms with Crippen LogP contribution >= 0.6 is 23.5 Å². The molecule has 0 atom stereocenters. The molecule has 0 aliphatic heterocycles. The predicted molar refractivity (Wildman–Crippen MR) is 118 cm³/mol. The fourth-order valence-corrected chi connectivity index (χ4v) is 2.73. The number of hydrogen-bond acceptors (Lipinski definition) is 11. The third kappa shape index (κ3) is 8.03. The molecule has 160 valence electrons. The van der Waals surface area contributed by atoms with Crippen LogP contribution in [0, 0.1) is 0 Å². The molecule has 0 bridgehead atoms.